The van der Waals surface area contributed by atoms with E-state index in [1.807, 2.05) is 44.1 Å². The van der Waals surface area contributed by atoms with Gasteiger partial charge in [-0.05, 0) is 32.1 Å². The van der Waals surface area contributed by atoms with E-state index in [1.54, 1.807) is 0 Å². The molecular formula is C12H17Cl2NO. The molecule has 0 aliphatic carbocycles. The first-order chi connectivity index (χ1) is 7.49. The fraction of sp³-hybridized carbons (Fsp3) is 0.500. The van der Waals surface area contributed by atoms with Gasteiger partial charge in [-0.3, -0.25) is 0 Å². The maximum Gasteiger partial charge on any atom is 0.0474 e. The molecule has 0 heterocycles. The molecule has 0 spiro atoms. The van der Waals surface area contributed by atoms with E-state index in [0.717, 1.165) is 5.56 Å². The van der Waals surface area contributed by atoms with E-state index in [1.165, 1.54) is 0 Å². The topological polar surface area (TPSA) is 23.5 Å². The Hall–Kier alpha value is -0.280. The molecule has 0 aliphatic heterocycles. The van der Waals surface area contributed by atoms with Gasteiger partial charge >= 0.3 is 0 Å². The average Bonchev–Trinajstić information content (AvgIpc) is 2.22. The van der Waals surface area contributed by atoms with Crippen LogP contribution in [0, 0.1) is 5.92 Å². The van der Waals surface area contributed by atoms with Crippen molar-refractivity contribution in [2.75, 3.05) is 20.7 Å². The summed E-state index contributed by atoms with van der Waals surface area (Å²) in [5.74, 6) is 0.0763. The van der Waals surface area contributed by atoms with E-state index < -0.39 is 0 Å². The van der Waals surface area contributed by atoms with Crippen LogP contribution < -0.4 is 0 Å². The predicted molar refractivity (Wildman–Crippen MR) is 69.1 cm³/mol. The van der Waals surface area contributed by atoms with Crippen LogP contribution in [-0.4, -0.2) is 30.7 Å². The Morgan fingerprint density at radius 1 is 1.25 bits per heavy atom. The van der Waals surface area contributed by atoms with Crippen LogP contribution in [0.1, 0.15) is 18.5 Å². The first-order valence-corrected chi connectivity index (χ1v) is 5.95. The van der Waals surface area contributed by atoms with Crippen molar-refractivity contribution in [3.63, 3.8) is 0 Å². The number of hydrogen-bond acceptors (Lipinski definition) is 2. The summed E-state index contributed by atoms with van der Waals surface area (Å²) < 4.78 is 0. The molecule has 0 saturated carbocycles. The molecule has 16 heavy (non-hydrogen) atoms. The molecule has 2 nitrogen and oxygen atoms in total. The zero-order valence-electron chi connectivity index (χ0n) is 9.74. The second kappa shape index (κ2) is 5.87. The van der Waals surface area contributed by atoms with Gasteiger partial charge < -0.3 is 10.0 Å². The molecule has 1 N–H and O–H groups in total. The molecule has 0 bridgehead atoms. The third kappa shape index (κ3) is 2.89. The lowest BCUT2D eigenvalue weighted by atomic mass is 9.94. The van der Waals surface area contributed by atoms with Crippen LogP contribution in [0.4, 0.5) is 0 Å². The fourth-order valence-corrected chi connectivity index (χ4v) is 2.57. The Balaban J connectivity index is 3.20. The molecule has 2 atom stereocenters. The van der Waals surface area contributed by atoms with Gasteiger partial charge in [-0.15, -0.1) is 0 Å². The summed E-state index contributed by atoms with van der Waals surface area (Å²) in [7, 11) is 3.91. The SMILES string of the molecule is CC(CO)C(c1c(Cl)cccc1Cl)N(C)C. The Bertz CT molecular complexity index is 335. The third-order valence-electron chi connectivity index (χ3n) is 2.68. The summed E-state index contributed by atoms with van der Waals surface area (Å²) in [6.45, 7) is 2.08. The third-order valence-corrected chi connectivity index (χ3v) is 3.34. The van der Waals surface area contributed by atoms with Crippen molar-refractivity contribution in [3.05, 3.63) is 33.8 Å². The quantitative estimate of drug-likeness (QED) is 0.900. The van der Waals surface area contributed by atoms with Crippen LogP contribution in [0.2, 0.25) is 10.0 Å². The average molecular weight is 262 g/mol. The van der Waals surface area contributed by atoms with E-state index in [9.17, 15) is 5.11 Å². The standard InChI is InChI=1S/C12H17Cl2NO/c1-8(7-16)12(15(2)3)11-9(13)5-4-6-10(11)14/h4-6,8,12,16H,7H2,1-3H3. The highest BCUT2D eigenvalue weighted by molar-refractivity contribution is 6.36. The van der Waals surface area contributed by atoms with Crippen molar-refractivity contribution in [3.8, 4) is 0 Å². The van der Waals surface area contributed by atoms with Gasteiger partial charge in [0.2, 0.25) is 0 Å². The molecule has 1 aromatic rings. The fourth-order valence-electron chi connectivity index (χ4n) is 1.94. The highest BCUT2D eigenvalue weighted by Crippen LogP contribution is 2.36. The largest absolute Gasteiger partial charge is 0.396 e. The number of aliphatic hydroxyl groups excluding tert-OH is 1. The maximum absolute atomic E-state index is 9.28. The molecule has 0 fully saturated rings. The summed E-state index contributed by atoms with van der Waals surface area (Å²) in [6, 6.07) is 5.49. The van der Waals surface area contributed by atoms with E-state index in [-0.39, 0.29) is 18.6 Å². The van der Waals surface area contributed by atoms with Crippen molar-refractivity contribution in [2.24, 2.45) is 5.92 Å². The van der Waals surface area contributed by atoms with Gasteiger partial charge in [0.1, 0.15) is 0 Å². The molecule has 90 valence electrons. The molecular weight excluding hydrogens is 245 g/mol. The first-order valence-electron chi connectivity index (χ1n) is 5.20. The number of rotatable bonds is 4. The van der Waals surface area contributed by atoms with Crippen molar-refractivity contribution in [1.82, 2.24) is 4.90 Å². The number of halogens is 2. The summed E-state index contributed by atoms with van der Waals surface area (Å²) >= 11 is 12.4. The van der Waals surface area contributed by atoms with Crippen LogP contribution in [0.15, 0.2) is 18.2 Å². The van der Waals surface area contributed by atoms with Gasteiger partial charge in [-0.1, -0.05) is 36.2 Å². The van der Waals surface area contributed by atoms with Gasteiger partial charge in [-0.2, -0.15) is 0 Å². The molecule has 0 radical (unpaired) electrons. The van der Waals surface area contributed by atoms with Crippen LogP contribution in [0.25, 0.3) is 0 Å². The number of hydrogen-bond donors (Lipinski definition) is 1. The van der Waals surface area contributed by atoms with Crippen molar-refractivity contribution < 1.29 is 5.11 Å². The molecule has 4 heteroatoms. The summed E-state index contributed by atoms with van der Waals surface area (Å²) in [5, 5.41) is 10.6. The highest BCUT2D eigenvalue weighted by atomic mass is 35.5. The number of aliphatic hydroxyl groups is 1. The van der Waals surface area contributed by atoms with Gasteiger partial charge in [0.25, 0.3) is 0 Å². The van der Waals surface area contributed by atoms with E-state index in [0.29, 0.717) is 10.0 Å². The predicted octanol–water partition coefficient (Wildman–Crippen LogP) is 3.22. The van der Waals surface area contributed by atoms with Crippen LogP contribution >= 0.6 is 23.2 Å². The molecule has 0 aromatic heterocycles. The van der Waals surface area contributed by atoms with E-state index >= 15 is 0 Å². The second-order valence-electron chi connectivity index (χ2n) is 4.20. The zero-order valence-corrected chi connectivity index (χ0v) is 11.3. The lowest BCUT2D eigenvalue weighted by Crippen LogP contribution is -2.28. The molecule has 1 rings (SSSR count). The van der Waals surface area contributed by atoms with Crippen molar-refractivity contribution >= 4 is 23.2 Å². The Labute approximate surface area is 107 Å². The van der Waals surface area contributed by atoms with Crippen molar-refractivity contribution in [2.45, 2.75) is 13.0 Å². The molecule has 2 unspecified atom stereocenters. The minimum atomic E-state index is 0.0196. The normalized spacial score (nSPS) is 15.2. The summed E-state index contributed by atoms with van der Waals surface area (Å²) in [4.78, 5) is 2.02. The van der Waals surface area contributed by atoms with Crippen molar-refractivity contribution in [1.29, 1.82) is 0 Å². The van der Waals surface area contributed by atoms with Gasteiger partial charge in [0.15, 0.2) is 0 Å². The Morgan fingerprint density at radius 2 is 1.75 bits per heavy atom. The van der Waals surface area contributed by atoms with Crippen LogP contribution in [0.5, 0.6) is 0 Å². The zero-order chi connectivity index (χ0) is 12.3. The monoisotopic (exact) mass is 261 g/mol. The summed E-state index contributed by atoms with van der Waals surface area (Å²) in [6.07, 6.45) is 0. The Morgan fingerprint density at radius 3 is 2.12 bits per heavy atom. The lowest BCUT2D eigenvalue weighted by molar-refractivity contribution is 0.146. The van der Waals surface area contributed by atoms with E-state index in [2.05, 4.69) is 0 Å². The molecule has 0 amide bonds. The Kier molecular flexibility index (Phi) is 5.06. The minimum Gasteiger partial charge on any atom is -0.396 e. The first kappa shape index (κ1) is 13.8. The van der Waals surface area contributed by atoms with Crippen LogP contribution in [-0.2, 0) is 0 Å². The lowest BCUT2D eigenvalue weighted by Gasteiger charge is -2.30. The van der Waals surface area contributed by atoms with Gasteiger partial charge in [0, 0.05) is 28.3 Å². The molecule has 1 aromatic carbocycles. The van der Waals surface area contributed by atoms with Gasteiger partial charge in [-0.25, -0.2) is 0 Å². The highest BCUT2D eigenvalue weighted by Gasteiger charge is 2.25. The molecule has 0 saturated heterocycles. The second-order valence-corrected chi connectivity index (χ2v) is 5.02. The number of nitrogens with zero attached hydrogens (tertiary/aromatic N) is 1. The van der Waals surface area contributed by atoms with Gasteiger partial charge in [0.05, 0.1) is 0 Å². The van der Waals surface area contributed by atoms with Crippen LogP contribution in [0.3, 0.4) is 0 Å². The number of benzene rings is 1. The minimum absolute atomic E-state index is 0.0196. The maximum atomic E-state index is 9.28. The summed E-state index contributed by atoms with van der Waals surface area (Å²) in [5.41, 5.74) is 0.886. The van der Waals surface area contributed by atoms with E-state index in [4.69, 9.17) is 23.2 Å². The smallest absolute Gasteiger partial charge is 0.0474 e. The molecule has 0 aliphatic rings.